The van der Waals surface area contributed by atoms with Gasteiger partial charge in [0.05, 0.1) is 6.04 Å². The highest BCUT2D eigenvalue weighted by Gasteiger charge is 2.27. The predicted octanol–water partition coefficient (Wildman–Crippen LogP) is 2.87. The van der Waals surface area contributed by atoms with Gasteiger partial charge in [-0.05, 0) is 37.4 Å². The second-order valence-corrected chi connectivity index (χ2v) is 5.72. The first kappa shape index (κ1) is 13.9. The molecule has 0 saturated carbocycles. The van der Waals surface area contributed by atoms with Gasteiger partial charge in [0, 0.05) is 16.5 Å². The van der Waals surface area contributed by atoms with E-state index in [1.165, 1.54) is 0 Å². The number of phenols is 1. The predicted molar refractivity (Wildman–Crippen MR) is 84.4 cm³/mol. The number of carbonyl (C=O) groups excluding carboxylic acids is 1. The van der Waals surface area contributed by atoms with E-state index in [0.29, 0.717) is 5.92 Å². The van der Waals surface area contributed by atoms with Gasteiger partial charge in [0.2, 0.25) is 5.91 Å². The zero-order valence-electron chi connectivity index (χ0n) is 12.1. The highest BCUT2D eigenvalue weighted by Crippen LogP contribution is 2.30. The van der Waals surface area contributed by atoms with Crippen molar-refractivity contribution in [2.75, 3.05) is 11.9 Å². The highest BCUT2D eigenvalue weighted by atomic mass is 16.3. The second-order valence-electron chi connectivity index (χ2n) is 5.72. The van der Waals surface area contributed by atoms with Gasteiger partial charge in [0.15, 0.2) is 0 Å². The molecular weight excluding hydrogens is 264 g/mol. The number of hydrogen-bond donors (Lipinski definition) is 3. The molecule has 2 aromatic carbocycles. The van der Waals surface area contributed by atoms with Crippen LogP contribution in [0, 0.1) is 5.92 Å². The van der Waals surface area contributed by atoms with Gasteiger partial charge in [-0.3, -0.25) is 4.79 Å². The second kappa shape index (κ2) is 5.74. The van der Waals surface area contributed by atoms with E-state index in [1.54, 1.807) is 12.1 Å². The Bertz CT molecular complexity index is 669. The van der Waals surface area contributed by atoms with Crippen molar-refractivity contribution in [2.24, 2.45) is 5.92 Å². The summed E-state index contributed by atoms with van der Waals surface area (Å²) in [6, 6.07) is 10.8. The summed E-state index contributed by atoms with van der Waals surface area (Å²) in [5, 5.41) is 17.8. The Hall–Kier alpha value is -2.07. The minimum absolute atomic E-state index is 0.00181. The zero-order chi connectivity index (χ0) is 14.8. The number of anilines is 1. The third-order valence-electron chi connectivity index (χ3n) is 4.21. The lowest BCUT2D eigenvalue weighted by molar-refractivity contribution is -0.119. The van der Waals surface area contributed by atoms with E-state index in [1.807, 2.05) is 24.3 Å². The molecule has 3 N–H and O–H groups in total. The molecule has 21 heavy (non-hydrogen) atoms. The largest absolute Gasteiger partial charge is 0.507 e. The number of benzene rings is 2. The summed E-state index contributed by atoms with van der Waals surface area (Å²) in [4.78, 5) is 12.5. The van der Waals surface area contributed by atoms with Crippen LogP contribution >= 0.6 is 0 Å². The molecule has 1 amide bonds. The normalized spacial score (nSPS) is 22.1. The first-order chi connectivity index (χ1) is 10.2. The summed E-state index contributed by atoms with van der Waals surface area (Å²) in [5.41, 5.74) is 0.743. The van der Waals surface area contributed by atoms with Gasteiger partial charge in [-0.25, -0.2) is 0 Å². The van der Waals surface area contributed by atoms with Crippen LogP contribution in [-0.4, -0.2) is 23.6 Å². The lowest BCUT2D eigenvalue weighted by Crippen LogP contribution is -2.48. The van der Waals surface area contributed by atoms with E-state index in [9.17, 15) is 9.90 Å². The van der Waals surface area contributed by atoms with Crippen molar-refractivity contribution >= 4 is 22.4 Å². The molecule has 0 spiro atoms. The molecule has 4 heteroatoms. The SMILES string of the molecule is CC1CCCNC1C(=O)Nc1cccc2c(O)cccc12. The number of carbonyl (C=O) groups is 1. The van der Waals surface area contributed by atoms with Crippen LogP contribution < -0.4 is 10.6 Å². The maximum Gasteiger partial charge on any atom is 0.241 e. The Morgan fingerprint density at radius 1 is 1.24 bits per heavy atom. The topological polar surface area (TPSA) is 61.4 Å². The van der Waals surface area contributed by atoms with Crippen LogP contribution in [0.25, 0.3) is 10.8 Å². The number of nitrogens with one attached hydrogen (secondary N) is 2. The summed E-state index contributed by atoms with van der Waals surface area (Å²) >= 11 is 0. The fourth-order valence-corrected chi connectivity index (χ4v) is 3.01. The smallest absolute Gasteiger partial charge is 0.241 e. The van der Waals surface area contributed by atoms with Gasteiger partial charge in [-0.15, -0.1) is 0 Å². The summed E-state index contributed by atoms with van der Waals surface area (Å²) < 4.78 is 0. The van der Waals surface area contributed by atoms with E-state index in [0.717, 1.165) is 35.8 Å². The van der Waals surface area contributed by atoms with Crippen molar-refractivity contribution in [3.8, 4) is 5.75 Å². The molecule has 4 nitrogen and oxygen atoms in total. The number of fused-ring (bicyclic) bond motifs is 1. The molecule has 0 aromatic heterocycles. The van der Waals surface area contributed by atoms with Crippen LogP contribution in [0.15, 0.2) is 36.4 Å². The number of piperidine rings is 1. The Morgan fingerprint density at radius 2 is 2.00 bits per heavy atom. The third kappa shape index (κ3) is 2.72. The van der Waals surface area contributed by atoms with Crippen molar-refractivity contribution in [2.45, 2.75) is 25.8 Å². The fourth-order valence-electron chi connectivity index (χ4n) is 3.01. The Balaban J connectivity index is 1.88. The third-order valence-corrected chi connectivity index (χ3v) is 4.21. The van der Waals surface area contributed by atoms with Gasteiger partial charge in [0.25, 0.3) is 0 Å². The van der Waals surface area contributed by atoms with Gasteiger partial charge in [-0.2, -0.15) is 0 Å². The maximum atomic E-state index is 12.5. The first-order valence-corrected chi connectivity index (χ1v) is 7.42. The van der Waals surface area contributed by atoms with E-state index in [-0.39, 0.29) is 17.7 Å². The Labute approximate surface area is 124 Å². The minimum atomic E-state index is -0.147. The average molecular weight is 284 g/mol. The Morgan fingerprint density at radius 3 is 2.81 bits per heavy atom. The average Bonchev–Trinajstić information content (AvgIpc) is 2.49. The minimum Gasteiger partial charge on any atom is -0.507 e. The maximum absolute atomic E-state index is 12.5. The van der Waals surface area contributed by atoms with E-state index in [2.05, 4.69) is 17.6 Å². The number of hydrogen-bond acceptors (Lipinski definition) is 3. The monoisotopic (exact) mass is 284 g/mol. The molecule has 0 bridgehead atoms. The molecule has 2 atom stereocenters. The molecule has 0 aliphatic carbocycles. The van der Waals surface area contributed by atoms with Gasteiger partial charge >= 0.3 is 0 Å². The Kier molecular flexibility index (Phi) is 3.80. The standard InChI is InChI=1S/C17H20N2O2/c1-11-5-4-10-18-16(11)17(21)19-14-8-2-7-13-12(14)6-3-9-15(13)20/h2-3,6-9,11,16,18,20H,4-5,10H2,1H3,(H,19,21). The molecule has 110 valence electrons. The zero-order valence-corrected chi connectivity index (χ0v) is 12.1. The number of amides is 1. The molecule has 2 aromatic rings. The van der Waals surface area contributed by atoms with E-state index < -0.39 is 0 Å². The highest BCUT2D eigenvalue weighted by molar-refractivity contribution is 6.05. The van der Waals surface area contributed by atoms with E-state index in [4.69, 9.17) is 0 Å². The van der Waals surface area contributed by atoms with Crippen molar-refractivity contribution in [3.05, 3.63) is 36.4 Å². The molecule has 2 unspecified atom stereocenters. The van der Waals surface area contributed by atoms with Crippen LogP contribution in [0.4, 0.5) is 5.69 Å². The van der Waals surface area contributed by atoms with Crippen molar-refractivity contribution in [1.29, 1.82) is 0 Å². The molecule has 1 saturated heterocycles. The molecule has 1 aliphatic rings. The number of rotatable bonds is 2. The summed E-state index contributed by atoms with van der Waals surface area (Å²) in [6.45, 7) is 2.99. The molecule has 1 aliphatic heterocycles. The molecule has 1 heterocycles. The van der Waals surface area contributed by atoms with Crippen LogP contribution in [-0.2, 0) is 4.79 Å². The molecule has 3 rings (SSSR count). The molecule has 0 radical (unpaired) electrons. The lowest BCUT2D eigenvalue weighted by atomic mass is 9.92. The van der Waals surface area contributed by atoms with Crippen molar-refractivity contribution < 1.29 is 9.90 Å². The van der Waals surface area contributed by atoms with Crippen molar-refractivity contribution in [3.63, 3.8) is 0 Å². The van der Waals surface area contributed by atoms with Crippen LogP contribution in [0.1, 0.15) is 19.8 Å². The fraction of sp³-hybridized carbons (Fsp3) is 0.353. The summed E-state index contributed by atoms with van der Waals surface area (Å²) in [5.74, 6) is 0.563. The van der Waals surface area contributed by atoms with Gasteiger partial charge in [0.1, 0.15) is 5.75 Å². The van der Waals surface area contributed by atoms with Crippen LogP contribution in [0.5, 0.6) is 5.75 Å². The first-order valence-electron chi connectivity index (χ1n) is 7.42. The summed E-state index contributed by atoms with van der Waals surface area (Å²) in [6.07, 6.45) is 2.19. The van der Waals surface area contributed by atoms with E-state index >= 15 is 0 Å². The summed E-state index contributed by atoms with van der Waals surface area (Å²) in [7, 11) is 0. The van der Waals surface area contributed by atoms with Crippen molar-refractivity contribution in [1.82, 2.24) is 5.32 Å². The van der Waals surface area contributed by atoms with Crippen LogP contribution in [0.3, 0.4) is 0 Å². The quantitative estimate of drug-likeness (QED) is 0.794. The molecule has 1 fully saturated rings. The van der Waals surface area contributed by atoms with Gasteiger partial charge in [-0.1, -0.05) is 31.2 Å². The number of phenolic OH excluding ortho intramolecular Hbond substituents is 1. The van der Waals surface area contributed by atoms with Crippen LogP contribution in [0.2, 0.25) is 0 Å². The number of aromatic hydroxyl groups is 1. The lowest BCUT2D eigenvalue weighted by Gasteiger charge is -2.29. The van der Waals surface area contributed by atoms with Gasteiger partial charge < -0.3 is 15.7 Å². The molecular formula is C17H20N2O2.